The Hall–Kier alpha value is -2.46. The summed E-state index contributed by atoms with van der Waals surface area (Å²) in [7, 11) is 1.57. The fourth-order valence-electron chi connectivity index (χ4n) is 2.17. The molecule has 0 atom stereocenters. The summed E-state index contributed by atoms with van der Waals surface area (Å²) in [6, 6.07) is 12.9. The van der Waals surface area contributed by atoms with Crippen LogP contribution in [0.4, 0.5) is 0 Å². The van der Waals surface area contributed by atoms with Crippen LogP contribution < -0.4 is 14.8 Å². The van der Waals surface area contributed by atoms with Crippen molar-refractivity contribution in [2.75, 3.05) is 13.7 Å². The summed E-state index contributed by atoms with van der Waals surface area (Å²) in [6.07, 6.45) is 2.56. The fourth-order valence-corrected chi connectivity index (χ4v) is 2.38. The lowest BCUT2D eigenvalue weighted by molar-refractivity contribution is -0.123. The van der Waals surface area contributed by atoms with E-state index in [4.69, 9.17) is 21.1 Å². The second kappa shape index (κ2) is 8.99. The zero-order valence-electron chi connectivity index (χ0n) is 13.5. The minimum Gasteiger partial charge on any atom is -0.493 e. The number of carbonyl (C=O) groups excluding carboxylic acids is 1. The zero-order valence-corrected chi connectivity index (χ0v) is 14.3. The standard InChI is InChI=1S/C19H20ClNO3/c1-3-5-14-8-9-17(18(11-14)23-2)24-13-19(22)21-12-15-6-4-7-16(20)10-15/h3-4,6-11H,1,5,12-13H2,2H3,(H,21,22). The third kappa shape index (κ3) is 5.32. The van der Waals surface area contributed by atoms with Crippen molar-refractivity contribution in [1.29, 1.82) is 0 Å². The van der Waals surface area contributed by atoms with Gasteiger partial charge in [-0.1, -0.05) is 35.9 Å². The molecule has 0 aliphatic carbocycles. The Morgan fingerprint density at radius 3 is 2.75 bits per heavy atom. The van der Waals surface area contributed by atoms with Crippen LogP contribution in [-0.2, 0) is 17.8 Å². The second-order valence-electron chi connectivity index (χ2n) is 5.17. The maximum absolute atomic E-state index is 11.9. The van der Waals surface area contributed by atoms with Crippen LogP contribution >= 0.6 is 11.6 Å². The normalized spacial score (nSPS) is 10.1. The molecule has 0 unspecified atom stereocenters. The summed E-state index contributed by atoms with van der Waals surface area (Å²) in [6.45, 7) is 4.03. The maximum Gasteiger partial charge on any atom is 0.258 e. The van der Waals surface area contributed by atoms with Gasteiger partial charge in [0, 0.05) is 11.6 Å². The Morgan fingerprint density at radius 2 is 2.04 bits per heavy atom. The number of allylic oxidation sites excluding steroid dienone is 1. The average molecular weight is 346 g/mol. The predicted octanol–water partition coefficient (Wildman–Crippen LogP) is 3.77. The van der Waals surface area contributed by atoms with Crippen molar-refractivity contribution in [3.8, 4) is 11.5 Å². The summed E-state index contributed by atoms with van der Waals surface area (Å²) in [5.41, 5.74) is 2.00. The van der Waals surface area contributed by atoms with E-state index < -0.39 is 0 Å². The molecule has 0 spiro atoms. The molecule has 2 aromatic carbocycles. The maximum atomic E-state index is 11.9. The lowest BCUT2D eigenvalue weighted by Crippen LogP contribution is -2.28. The first-order valence-electron chi connectivity index (χ1n) is 7.54. The first-order chi connectivity index (χ1) is 11.6. The molecule has 0 heterocycles. The van der Waals surface area contributed by atoms with Gasteiger partial charge in [-0.3, -0.25) is 4.79 Å². The van der Waals surface area contributed by atoms with Crippen molar-refractivity contribution in [3.05, 3.63) is 71.3 Å². The Balaban J connectivity index is 1.88. The summed E-state index contributed by atoms with van der Waals surface area (Å²) in [4.78, 5) is 11.9. The number of carbonyl (C=O) groups is 1. The highest BCUT2D eigenvalue weighted by Crippen LogP contribution is 2.28. The summed E-state index contributed by atoms with van der Waals surface area (Å²) >= 11 is 5.91. The van der Waals surface area contributed by atoms with Crippen molar-refractivity contribution in [2.45, 2.75) is 13.0 Å². The number of amides is 1. The molecule has 2 aromatic rings. The summed E-state index contributed by atoms with van der Waals surface area (Å²) in [5.74, 6) is 0.910. The van der Waals surface area contributed by atoms with Crippen LogP contribution in [0.15, 0.2) is 55.1 Å². The van der Waals surface area contributed by atoms with Gasteiger partial charge in [-0.15, -0.1) is 6.58 Å². The molecule has 0 radical (unpaired) electrons. The fraction of sp³-hybridized carbons (Fsp3) is 0.211. The van der Waals surface area contributed by atoms with E-state index in [1.54, 1.807) is 19.2 Å². The van der Waals surface area contributed by atoms with Crippen LogP contribution in [0.25, 0.3) is 0 Å². The summed E-state index contributed by atoms with van der Waals surface area (Å²) in [5, 5.41) is 3.43. The van der Waals surface area contributed by atoms with Crippen LogP contribution in [0.2, 0.25) is 5.02 Å². The van der Waals surface area contributed by atoms with Crippen molar-refractivity contribution < 1.29 is 14.3 Å². The molecule has 24 heavy (non-hydrogen) atoms. The van der Waals surface area contributed by atoms with E-state index in [-0.39, 0.29) is 12.5 Å². The molecule has 0 aliphatic rings. The molecule has 126 valence electrons. The molecule has 0 saturated carbocycles. The van der Waals surface area contributed by atoms with E-state index in [9.17, 15) is 4.79 Å². The molecule has 0 bridgehead atoms. The van der Waals surface area contributed by atoms with Crippen molar-refractivity contribution in [2.24, 2.45) is 0 Å². The van der Waals surface area contributed by atoms with Crippen molar-refractivity contribution >= 4 is 17.5 Å². The number of ether oxygens (including phenoxy) is 2. The predicted molar refractivity (Wildman–Crippen MR) is 95.7 cm³/mol. The van der Waals surface area contributed by atoms with Gasteiger partial charge >= 0.3 is 0 Å². The largest absolute Gasteiger partial charge is 0.493 e. The molecule has 0 aromatic heterocycles. The highest BCUT2D eigenvalue weighted by atomic mass is 35.5. The van der Waals surface area contributed by atoms with Crippen LogP contribution in [0.5, 0.6) is 11.5 Å². The van der Waals surface area contributed by atoms with Crippen LogP contribution in [0.1, 0.15) is 11.1 Å². The first-order valence-corrected chi connectivity index (χ1v) is 7.92. The van der Waals surface area contributed by atoms with Gasteiger partial charge in [-0.25, -0.2) is 0 Å². The minimum atomic E-state index is -0.216. The molecule has 5 heteroatoms. The quantitative estimate of drug-likeness (QED) is 0.741. The van der Waals surface area contributed by atoms with Gasteiger partial charge in [0.15, 0.2) is 18.1 Å². The van der Waals surface area contributed by atoms with E-state index in [0.717, 1.165) is 17.5 Å². The second-order valence-corrected chi connectivity index (χ2v) is 5.61. The number of methoxy groups -OCH3 is 1. The van der Waals surface area contributed by atoms with E-state index in [0.29, 0.717) is 23.1 Å². The van der Waals surface area contributed by atoms with Crippen LogP contribution in [0.3, 0.4) is 0 Å². The van der Waals surface area contributed by atoms with Crippen molar-refractivity contribution in [1.82, 2.24) is 5.32 Å². The zero-order chi connectivity index (χ0) is 17.4. The highest BCUT2D eigenvalue weighted by molar-refractivity contribution is 6.30. The van der Waals surface area contributed by atoms with Gasteiger partial charge in [0.25, 0.3) is 5.91 Å². The summed E-state index contributed by atoms with van der Waals surface area (Å²) < 4.78 is 10.8. The minimum absolute atomic E-state index is 0.0856. The third-order valence-electron chi connectivity index (χ3n) is 3.35. The van der Waals surface area contributed by atoms with Crippen LogP contribution in [0, 0.1) is 0 Å². The smallest absolute Gasteiger partial charge is 0.258 e. The Bertz CT molecular complexity index is 716. The van der Waals surface area contributed by atoms with E-state index >= 15 is 0 Å². The number of halogens is 1. The highest BCUT2D eigenvalue weighted by Gasteiger charge is 2.08. The van der Waals surface area contributed by atoms with Gasteiger partial charge in [-0.2, -0.15) is 0 Å². The molecule has 4 nitrogen and oxygen atoms in total. The molecule has 1 N–H and O–H groups in total. The lowest BCUT2D eigenvalue weighted by Gasteiger charge is -2.12. The van der Waals surface area contributed by atoms with Gasteiger partial charge in [-0.05, 0) is 41.8 Å². The molecule has 0 saturated heterocycles. The van der Waals surface area contributed by atoms with Gasteiger partial charge in [0.05, 0.1) is 7.11 Å². The van der Waals surface area contributed by atoms with Gasteiger partial charge in [0.1, 0.15) is 0 Å². The van der Waals surface area contributed by atoms with E-state index in [1.165, 1.54) is 0 Å². The number of hydrogen-bond acceptors (Lipinski definition) is 3. The Labute approximate surface area is 147 Å². The topological polar surface area (TPSA) is 47.6 Å². The van der Waals surface area contributed by atoms with Gasteiger partial charge < -0.3 is 14.8 Å². The monoisotopic (exact) mass is 345 g/mol. The van der Waals surface area contributed by atoms with Crippen LogP contribution in [-0.4, -0.2) is 19.6 Å². The average Bonchev–Trinajstić information content (AvgIpc) is 2.59. The number of rotatable bonds is 8. The Morgan fingerprint density at radius 1 is 1.21 bits per heavy atom. The third-order valence-corrected chi connectivity index (χ3v) is 3.58. The van der Waals surface area contributed by atoms with Crippen molar-refractivity contribution in [3.63, 3.8) is 0 Å². The van der Waals surface area contributed by atoms with E-state index in [2.05, 4.69) is 11.9 Å². The number of benzene rings is 2. The molecule has 1 amide bonds. The first kappa shape index (κ1) is 17.9. The SMILES string of the molecule is C=CCc1ccc(OCC(=O)NCc2cccc(Cl)c2)c(OC)c1. The molecule has 2 rings (SSSR count). The number of hydrogen-bond donors (Lipinski definition) is 1. The Kier molecular flexibility index (Phi) is 6.70. The van der Waals surface area contributed by atoms with E-state index in [1.807, 2.05) is 36.4 Å². The molecular formula is C19H20ClNO3. The van der Waals surface area contributed by atoms with Gasteiger partial charge in [0.2, 0.25) is 0 Å². The molecule has 0 aliphatic heterocycles. The lowest BCUT2D eigenvalue weighted by atomic mass is 10.1. The molecular weight excluding hydrogens is 326 g/mol. The molecule has 0 fully saturated rings. The number of nitrogens with one attached hydrogen (secondary N) is 1.